The Morgan fingerprint density at radius 2 is 1.55 bits per heavy atom. The molecule has 5 nitrogen and oxygen atoms in total. The van der Waals surface area contributed by atoms with Crippen LogP contribution in [0.25, 0.3) is 11.1 Å². The predicted octanol–water partition coefficient (Wildman–Crippen LogP) is 5.06. The van der Waals surface area contributed by atoms with Gasteiger partial charge in [0.25, 0.3) is 5.91 Å². The summed E-state index contributed by atoms with van der Waals surface area (Å²) in [6, 6.07) is 14.0. The van der Waals surface area contributed by atoms with Crippen LogP contribution >= 0.6 is 0 Å². The predicted molar refractivity (Wildman–Crippen MR) is 119 cm³/mol. The first-order valence-electron chi connectivity index (χ1n) is 10.3. The molecule has 1 amide bonds. The van der Waals surface area contributed by atoms with Crippen LogP contribution in [0.3, 0.4) is 0 Å². The summed E-state index contributed by atoms with van der Waals surface area (Å²) in [6.45, 7) is 4.74. The van der Waals surface area contributed by atoms with Crippen LogP contribution in [0.1, 0.15) is 44.2 Å². The molecule has 31 heavy (non-hydrogen) atoms. The zero-order valence-corrected chi connectivity index (χ0v) is 18.4. The van der Waals surface area contributed by atoms with Crippen LogP contribution in [0, 0.1) is 13.8 Å². The van der Waals surface area contributed by atoms with Gasteiger partial charge in [-0.05, 0) is 59.4 Å². The van der Waals surface area contributed by atoms with Gasteiger partial charge in [-0.2, -0.15) is 0 Å². The maximum atomic E-state index is 13.5. The van der Waals surface area contributed by atoms with Crippen LogP contribution in [-0.2, 0) is 6.54 Å². The Kier molecular flexibility index (Phi) is 4.43. The molecule has 2 heterocycles. The fraction of sp³-hybridized carbons (Fsp3) is 0.269. The molecular weight excluding hydrogens is 390 g/mol. The quantitative estimate of drug-likeness (QED) is 0.600. The number of methoxy groups -OCH3 is 3. The zero-order chi connectivity index (χ0) is 21.9. The average Bonchev–Trinajstić information content (AvgIpc) is 2.97. The van der Waals surface area contributed by atoms with Crippen molar-refractivity contribution in [1.82, 2.24) is 4.90 Å². The average molecular weight is 415 g/mol. The van der Waals surface area contributed by atoms with Crippen LogP contribution in [0.5, 0.6) is 17.2 Å². The van der Waals surface area contributed by atoms with E-state index in [1.807, 2.05) is 35.2 Å². The summed E-state index contributed by atoms with van der Waals surface area (Å²) < 4.78 is 17.3. The normalized spacial score (nSPS) is 16.1. The second-order valence-electron chi connectivity index (χ2n) is 8.12. The molecule has 0 aromatic heterocycles. The van der Waals surface area contributed by atoms with Gasteiger partial charge in [0.15, 0.2) is 11.5 Å². The van der Waals surface area contributed by atoms with E-state index in [-0.39, 0.29) is 11.9 Å². The van der Waals surface area contributed by atoms with Crippen LogP contribution < -0.4 is 14.2 Å². The monoisotopic (exact) mass is 415 g/mol. The van der Waals surface area contributed by atoms with Gasteiger partial charge >= 0.3 is 0 Å². The van der Waals surface area contributed by atoms with Gasteiger partial charge in [-0.15, -0.1) is 0 Å². The molecule has 0 fully saturated rings. The maximum Gasteiger partial charge on any atom is 0.255 e. The Morgan fingerprint density at radius 3 is 2.26 bits per heavy atom. The molecule has 0 spiro atoms. The number of aryl methyl sites for hydroxylation is 2. The molecule has 0 N–H and O–H groups in total. The largest absolute Gasteiger partial charge is 0.493 e. The van der Waals surface area contributed by atoms with Crippen molar-refractivity contribution in [2.45, 2.75) is 26.4 Å². The first kappa shape index (κ1) is 19.5. The van der Waals surface area contributed by atoms with E-state index in [9.17, 15) is 4.79 Å². The second-order valence-corrected chi connectivity index (χ2v) is 8.12. The number of nitrogens with zero attached hydrogens (tertiary/aromatic N) is 1. The SMILES string of the molecule is COc1cc2c(c(OC)c1OC)C1c3ccccc3C(=O)N1Cc1cc(C)c(C)cc1-2. The van der Waals surface area contributed by atoms with Gasteiger partial charge in [-0.3, -0.25) is 4.79 Å². The Morgan fingerprint density at radius 1 is 0.839 bits per heavy atom. The molecule has 2 aliphatic heterocycles. The molecule has 0 saturated carbocycles. The second kappa shape index (κ2) is 7.05. The topological polar surface area (TPSA) is 48.0 Å². The van der Waals surface area contributed by atoms with Crippen molar-refractivity contribution in [2.24, 2.45) is 0 Å². The van der Waals surface area contributed by atoms with Gasteiger partial charge in [0, 0.05) is 17.7 Å². The lowest BCUT2D eigenvalue weighted by molar-refractivity contribution is 0.0736. The zero-order valence-electron chi connectivity index (χ0n) is 18.4. The summed E-state index contributed by atoms with van der Waals surface area (Å²) in [5.41, 5.74) is 8.27. The minimum Gasteiger partial charge on any atom is -0.493 e. The van der Waals surface area contributed by atoms with E-state index >= 15 is 0 Å². The highest BCUT2D eigenvalue weighted by molar-refractivity contribution is 6.01. The number of benzene rings is 3. The van der Waals surface area contributed by atoms with Gasteiger partial charge in [0.05, 0.1) is 27.4 Å². The third-order valence-electron chi connectivity index (χ3n) is 6.55. The molecule has 0 bridgehead atoms. The number of carbonyl (C=O) groups excluding carboxylic acids is 1. The van der Waals surface area contributed by atoms with Gasteiger partial charge < -0.3 is 19.1 Å². The van der Waals surface area contributed by atoms with Crippen LogP contribution in [0.2, 0.25) is 0 Å². The van der Waals surface area contributed by atoms with Gasteiger partial charge in [-0.1, -0.05) is 30.3 Å². The highest BCUT2D eigenvalue weighted by Gasteiger charge is 2.43. The van der Waals surface area contributed by atoms with Crippen LogP contribution in [-0.4, -0.2) is 32.1 Å². The van der Waals surface area contributed by atoms with Crippen LogP contribution in [0.4, 0.5) is 0 Å². The summed E-state index contributed by atoms with van der Waals surface area (Å²) in [5, 5.41) is 0. The van der Waals surface area contributed by atoms with Crippen molar-refractivity contribution in [3.8, 4) is 28.4 Å². The third-order valence-corrected chi connectivity index (χ3v) is 6.55. The summed E-state index contributed by atoms with van der Waals surface area (Å²) in [6.07, 6.45) is 0. The molecule has 2 aliphatic rings. The minimum atomic E-state index is -0.263. The summed E-state index contributed by atoms with van der Waals surface area (Å²) in [5.74, 6) is 1.78. The molecule has 3 aromatic carbocycles. The van der Waals surface area contributed by atoms with E-state index in [2.05, 4.69) is 26.0 Å². The van der Waals surface area contributed by atoms with E-state index in [1.165, 1.54) is 11.1 Å². The number of hydrogen-bond acceptors (Lipinski definition) is 4. The molecule has 5 rings (SSSR count). The molecule has 5 heteroatoms. The number of rotatable bonds is 3. The molecule has 1 atom stereocenters. The van der Waals surface area contributed by atoms with E-state index < -0.39 is 0 Å². The molecule has 0 aliphatic carbocycles. The number of amides is 1. The molecular formula is C26H25NO4. The Bertz CT molecular complexity index is 1230. The summed E-state index contributed by atoms with van der Waals surface area (Å²) >= 11 is 0. The maximum absolute atomic E-state index is 13.5. The standard InChI is InChI=1S/C26H25NO4/c1-14-10-16-13-27-23(17-8-6-7-9-18(17)26(27)28)22-20(19(16)11-15(14)2)12-21(29-3)24(30-4)25(22)31-5/h6-12,23H,13H2,1-5H3. The summed E-state index contributed by atoms with van der Waals surface area (Å²) in [7, 11) is 4.87. The first-order valence-corrected chi connectivity index (χ1v) is 10.3. The van der Waals surface area contributed by atoms with Crippen molar-refractivity contribution in [2.75, 3.05) is 21.3 Å². The van der Waals surface area contributed by atoms with Gasteiger partial charge in [-0.25, -0.2) is 0 Å². The van der Waals surface area contributed by atoms with Gasteiger partial charge in [0.2, 0.25) is 5.75 Å². The first-order chi connectivity index (χ1) is 15.0. The van der Waals surface area contributed by atoms with Crippen molar-refractivity contribution in [1.29, 1.82) is 0 Å². The lowest BCUT2D eigenvalue weighted by Gasteiger charge is -2.27. The molecule has 0 saturated heterocycles. The number of carbonyl (C=O) groups is 1. The highest BCUT2D eigenvalue weighted by Crippen LogP contribution is 2.55. The fourth-order valence-corrected chi connectivity index (χ4v) is 4.96. The molecule has 1 unspecified atom stereocenters. The van der Waals surface area contributed by atoms with E-state index in [0.717, 1.165) is 33.4 Å². The fourth-order valence-electron chi connectivity index (χ4n) is 4.96. The van der Waals surface area contributed by atoms with Gasteiger partial charge in [0.1, 0.15) is 0 Å². The molecule has 3 aromatic rings. The van der Waals surface area contributed by atoms with Crippen molar-refractivity contribution >= 4 is 5.91 Å². The lowest BCUT2D eigenvalue weighted by atomic mass is 9.88. The Hall–Kier alpha value is -3.47. The smallest absolute Gasteiger partial charge is 0.255 e. The third kappa shape index (κ3) is 2.66. The number of fused-ring (bicyclic) bond motifs is 7. The summed E-state index contributed by atoms with van der Waals surface area (Å²) in [4.78, 5) is 15.4. The van der Waals surface area contributed by atoms with Crippen molar-refractivity contribution in [3.05, 3.63) is 75.8 Å². The Balaban J connectivity index is 1.93. The van der Waals surface area contributed by atoms with E-state index in [1.54, 1.807) is 21.3 Å². The molecule has 158 valence electrons. The lowest BCUT2D eigenvalue weighted by Crippen LogP contribution is -2.27. The molecule has 0 radical (unpaired) electrons. The minimum absolute atomic E-state index is 0.0365. The number of hydrogen-bond donors (Lipinski definition) is 0. The van der Waals surface area contributed by atoms with E-state index in [4.69, 9.17) is 14.2 Å². The number of ether oxygens (including phenoxy) is 3. The van der Waals surface area contributed by atoms with Crippen molar-refractivity contribution < 1.29 is 19.0 Å². The Labute approximate surface area is 182 Å². The van der Waals surface area contributed by atoms with E-state index in [0.29, 0.717) is 23.8 Å². The van der Waals surface area contributed by atoms with Crippen molar-refractivity contribution in [3.63, 3.8) is 0 Å². The van der Waals surface area contributed by atoms with Crippen LogP contribution in [0.15, 0.2) is 42.5 Å². The highest BCUT2D eigenvalue weighted by atomic mass is 16.5.